The Morgan fingerprint density at radius 3 is 3.00 bits per heavy atom. The second kappa shape index (κ2) is 7.20. The van der Waals surface area contributed by atoms with E-state index >= 15 is 0 Å². The Balaban J connectivity index is 2.22. The molecule has 0 aromatic rings. The van der Waals surface area contributed by atoms with E-state index in [-0.39, 0.29) is 0 Å². The van der Waals surface area contributed by atoms with Crippen LogP contribution in [0.4, 0.5) is 0 Å². The molecular weight excluding hydrogens is 188 g/mol. The molecule has 3 heteroatoms. The number of ether oxygens (including phenoxy) is 1. The average molecular weight is 214 g/mol. The van der Waals surface area contributed by atoms with Crippen molar-refractivity contribution in [1.82, 2.24) is 10.2 Å². The van der Waals surface area contributed by atoms with Gasteiger partial charge in [0, 0.05) is 19.1 Å². The third-order valence-corrected chi connectivity index (χ3v) is 3.30. The monoisotopic (exact) mass is 214 g/mol. The predicted molar refractivity (Wildman–Crippen MR) is 64.2 cm³/mol. The highest BCUT2D eigenvalue weighted by Crippen LogP contribution is 2.13. The van der Waals surface area contributed by atoms with Gasteiger partial charge in [-0.25, -0.2) is 0 Å². The molecule has 90 valence electrons. The van der Waals surface area contributed by atoms with Crippen LogP contribution in [0.5, 0.6) is 0 Å². The fourth-order valence-electron chi connectivity index (χ4n) is 2.15. The van der Waals surface area contributed by atoms with E-state index in [1.165, 1.54) is 12.8 Å². The van der Waals surface area contributed by atoms with Crippen molar-refractivity contribution in [2.24, 2.45) is 0 Å². The molecule has 0 bridgehead atoms. The van der Waals surface area contributed by atoms with Crippen LogP contribution in [0.3, 0.4) is 0 Å². The Hall–Kier alpha value is -0.120. The zero-order valence-corrected chi connectivity index (χ0v) is 10.5. The minimum Gasteiger partial charge on any atom is -0.376 e. The molecule has 0 spiro atoms. The molecule has 0 aliphatic carbocycles. The standard InChI is InChI=1S/C12H26N2O/c1-4-12-10-14(8-9-15-12)11(2)6-5-7-13-3/h11-13H,4-10H2,1-3H3. The molecule has 1 saturated heterocycles. The second-order valence-electron chi connectivity index (χ2n) is 4.49. The van der Waals surface area contributed by atoms with E-state index < -0.39 is 0 Å². The molecule has 1 heterocycles. The first kappa shape index (κ1) is 12.9. The highest BCUT2D eigenvalue weighted by Gasteiger charge is 2.22. The molecular formula is C12H26N2O. The molecule has 0 saturated carbocycles. The average Bonchev–Trinajstić information content (AvgIpc) is 2.29. The van der Waals surface area contributed by atoms with Gasteiger partial charge in [-0.2, -0.15) is 0 Å². The summed E-state index contributed by atoms with van der Waals surface area (Å²) in [7, 11) is 2.02. The number of morpholine rings is 1. The summed E-state index contributed by atoms with van der Waals surface area (Å²) >= 11 is 0. The lowest BCUT2D eigenvalue weighted by Crippen LogP contribution is -2.46. The van der Waals surface area contributed by atoms with E-state index in [2.05, 4.69) is 24.1 Å². The minimum absolute atomic E-state index is 0.463. The topological polar surface area (TPSA) is 24.5 Å². The van der Waals surface area contributed by atoms with Gasteiger partial charge in [0.2, 0.25) is 0 Å². The predicted octanol–water partition coefficient (Wildman–Crippen LogP) is 1.49. The van der Waals surface area contributed by atoms with Crippen molar-refractivity contribution >= 4 is 0 Å². The minimum atomic E-state index is 0.463. The molecule has 1 aliphatic rings. The van der Waals surface area contributed by atoms with Crippen LogP contribution in [0.2, 0.25) is 0 Å². The van der Waals surface area contributed by atoms with Gasteiger partial charge in [-0.05, 0) is 39.8 Å². The molecule has 1 rings (SSSR count). The van der Waals surface area contributed by atoms with Gasteiger partial charge in [-0.15, -0.1) is 0 Å². The van der Waals surface area contributed by atoms with Gasteiger partial charge in [0.25, 0.3) is 0 Å². The van der Waals surface area contributed by atoms with Crippen LogP contribution in [-0.4, -0.2) is 50.3 Å². The van der Waals surface area contributed by atoms with Crippen molar-refractivity contribution in [3.05, 3.63) is 0 Å². The van der Waals surface area contributed by atoms with Gasteiger partial charge in [-0.1, -0.05) is 6.92 Å². The first-order valence-corrected chi connectivity index (χ1v) is 6.28. The molecule has 1 aliphatic heterocycles. The molecule has 15 heavy (non-hydrogen) atoms. The van der Waals surface area contributed by atoms with Gasteiger partial charge in [0.05, 0.1) is 12.7 Å². The van der Waals surface area contributed by atoms with Gasteiger partial charge in [0.15, 0.2) is 0 Å². The molecule has 2 unspecified atom stereocenters. The molecule has 2 atom stereocenters. The summed E-state index contributed by atoms with van der Waals surface area (Å²) in [5.74, 6) is 0. The summed E-state index contributed by atoms with van der Waals surface area (Å²) < 4.78 is 5.68. The molecule has 0 radical (unpaired) electrons. The fourth-order valence-corrected chi connectivity index (χ4v) is 2.15. The van der Waals surface area contributed by atoms with E-state index in [1.807, 2.05) is 7.05 Å². The van der Waals surface area contributed by atoms with Gasteiger partial charge in [-0.3, -0.25) is 4.90 Å². The normalized spacial score (nSPS) is 25.4. The van der Waals surface area contributed by atoms with Gasteiger partial charge in [0.1, 0.15) is 0 Å². The third-order valence-electron chi connectivity index (χ3n) is 3.30. The molecule has 0 amide bonds. The van der Waals surface area contributed by atoms with Crippen molar-refractivity contribution in [3.63, 3.8) is 0 Å². The first-order valence-electron chi connectivity index (χ1n) is 6.28. The van der Waals surface area contributed by atoms with Crippen LogP contribution in [0.1, 0.15) is 33.1 Å². The Morgan fingerprint density at radius 1 is 1.53 bits per heavy atom. The Bertz CT molecular complexity index is 164. The van der Waals surface area contributed by atoms with Crippen LogP contribution in [0.25, 0.3) is 0 Å². The second-order valence-corrected chi connectivity index (χ2v) is 4.49. The lowest BCUT2D eigenvalue weighted by atomic mass is 10.1. The smallest absolute Gasteiger partial charge is 0.0700 e. The maximum Gasteiger partial charge on any atom is 0.0700 e. The Kier molecular flexibility index (Phi) is 6.22. The largest absolute Gasteiger partial charge is 0.376 e. The van der Waals surface area contributed by atoms with Crippen molar-refractivity contribution in [3.8, 4) is 0 Å². The maximum atomic E-state index is 5.68. The fraction of sp³-hybridized carbons (Fsp3) is 1.00. The van der Waals surface area contributed by atoms with Crippen LogP contribution in [-0.2, 0) is 4.74 Å². The van der Waals surface area contributed by atoms with E-state index in [0.717, 1.165) is 32.7 Å². The summed E-state index contributed by atoms with van der Waals surface area (Å²) in [6.45, 7) is 8.82. The Labute approximate surface area is 94.2 Å². The zero-order chi connectivity index (χ0) is 11.1. The molecule has 3 nitrogen and oxygen atoms in total. The maximum absolute atomic E-state index is 5.68. The molecule has 0 aromatic carbocycles. The van der Waals surface area contributed by atoms with Gasteiger partial charge >= 0.3 is 0 Å². The van der Waals surface area contributed by atoms with E-state index in [4.69, 9.17) is 4.74 Å². The number of rotatable bonds is 6. The quantitative estimate of drug-likeness (QED) is 0.678. The summed E-state index contributed by atoms with van der Waals surface area (Å²) in [4.78, 5) is 2.58. The lowest BCUT2D eigenvalue weighted by molar-refractivity contribution is -0.0430. The molecule has 1 N–H and O–H groups in total. The van der Waals surface area contributed by atoms with Crippen molar-refractivity contribution in [1.29, 1.82) is 0 Å². The third kappa shape index (κ3) is 4.49. The number of hydrogen-bond donors (Lipinski definition) is 1. The lowest BCUT2D eigenvalue weighted by Gasteiger charge is -2.36. The molecule has 0 aromatic heterocycles. The van der Waals surface area contributed by atoms with Crippen LogP contribution in [0.15, 0.2) is 0 Å². The summed E-state index contributed by atoms with van der Waals surface area (Å²) in [5.41, 5.74) is 0. The summed E-state index contributed by atoms with van der Waals surface area (Å²) in [6, 6.07) is 0.705. The van der Waals surface area contributed by atoms with Crippen molar-refractivity contribution in [2.45, 2.75) is 45.3 Å². The highest BCUT2D eigenvalue weighted by molar-refractivity contribution is 4.75. The Morgan fingerprint density at radius 2 is 2.33 bits per heavy atom. The zero-order valence-electron chi connectivity index (χ0n) is 10.5. The first-order chi connectivity index (χ1) is 7.27. The van der Waals surface area contributed by atoms with Crippen LogP contribution >= 0.6 is 0 Å². The number of hydrogen-bond acceptors (Lipinski definition) is 3. The SMILES string of the molecule is CCC1CN(C(C)CCCNC)CCO1. The highest BCUT2D eigenvalue weighted by atomic mass is 16.5. The van der Waals surface area contributed by atoms with E-state index in [0.29, 0.717) is 12.1 Å². The summed E-state index contributed by atoms with van der Waals surface area (Å²) in [5, 5.41) is 3.20. The van der Waals surface area contributed by atoms with E-state index in [9.17, 15) is 0 Å². The summed E-state index contributed by atoms with van der Waals surface area (Å²) in [6.07, 6.45) is 4.16. The van der Waals surface area contributed by atoms with Crippen molar-refractivity contribution in [2.75, 3.05) is 33.3 Å². The van der Waals surface area contributed by atoms with Crippen molar-refractivity contribution < 1.29 is 4.74 Å². The number of nitrogens with zero attached hydrogens (tertiary/aromatic N) is 1. The molecule has 1 fully saturated rings. The van der Waals surface area contributed by atoms with Crippen LogP contribution in [0, 0.1) is 0 Å². The van der Waals surface area contributed by atoms with Gasteiger partial charge < -0.3 is 10.1 Å². The van der Waals surface area contributed by atoms with Crippen LogP contribution < -0.4 is 5.32 Å². The number of nitrogens with one attached hydrogen (secondary N) is 1. The van der Waals surface area contributed by atoms with E-state index in [1.54, 1.807) is 0 Å².